The summed E-state index contributed by atoms with van der Waals surface area (Å²) in [6.45, 7) is 0. The first-order valence-corrected chi connectivity index (χ1v) is 5.27. The maximum absolute atomic E-state index is 11.4. The van der Waals surface area contributed by atoms with Crippen LogP contribution in [0.15, 0.2) is 27.5 Å². The third kappa shape index (κ3) is 2.62. The fourth-order valence-electron chi connectivity index (χ4n) is 1.37. The highest BCUT2D eigenvalue weighted by molar-refractivity contribution is 5.66. The van der Waals surface area contributed by atoms with Gasteiger partial charge in [0.25, 0.3) is 5.56 Å². The monoisotopic (exact) mass is 249 g/mol. The van der Waals surface area contributed by atoms with Gasteiger partial charge in [-0.2, -0.15) is 0 Å². The summed E-state index contributed by atoms with van der Waals surface area (Å²) in [6, 6.07) is 3.06. The van der Waals surface area contributed by atoms with Gasteiger partial charge in [-0.3, -0.25) is 9.59 Å². The molecule has 0 amide bonds. The van der Waals surface area contributed by atoms with E-state index in [-0.39, 0.29) is 30.2 Å². The zero-order valence-corrected chi connectivity index (χ0v) is 9.66. The molecule has 0 fully saturated rings. The highest BCUT2D eigenvalue weighted by Crippen LogP contribution is 2.15. The molecule has 2 heterocycles. The Balaban J connectivity index is 2.21. The van der Waals surface area contributed by atoms with Crippen molar-refractivity contribution in [1.82, 2.24) is 14.8 Å². The molecular weight excluding hydrogens is 238 g/mol. The Morgan fingerprint density at radius 3 is 2.94 bits per heavy atom. The van der Waals surface area contributed by atoms with Crippen molar-refractivity contribution in [2.24, 2.45) is 7.05 Å². The van der Waals surface area contributed by atoms with Gasteiger partial charge < -0.3 is 14.1 Å². The first-order chi connectivity index (χ1) is 8.56. The van der Waals surface area contributed by atoms with Crippen LogP contribution in [0.1, 0.15) is 12.3 Å². The lowest BCUT2D eigenvalue weighted by Crippen LogP contribution is -2.14. The average Bonchev–Trinajstić information content (AvgIpc) is 2.79. The molecule has 2 rings (SSSR count). The zero-order chi connectivity index (χ0) is 13.1. The van der Waals surface area contributed by atoms with E-state index in [0.29, 0.717) is 5.56 Å². The quantitative estimate of drug-likeness (QED) is 0.844. The maximum atomic E-state index is 11.4. The summed E-state index contributed by atoms with van der Waals surface area (Å²) in [7, 11) is 1.64. The summed E-state index contributed by atoms with van der Waals surface area (Å²) in [5.74, 6) is -0.468. The molecule has 7 nitrogen and oxygen atoms in total. The molecule has 1 N–H and O–H groups in total. The number of rotatable bonds is 4. The fraction of sp³-hybridized carbons (Fsp3) is 0.273. The van der Waals surface area contributed by atoms with Gasteiger partial charge in [-0.05, 0) is 6.07 Å². The maximum Gasteiger partial charge on any atom is 0.303 e. The lowest BCUT2D eigenvalue weighted by atomic mass is 10.3. The van der Waals surface area contributed by atoms with E-state index in [4.69, 9.17) is 9.52 Å². The molecule has 0 aromatic carbocycles. The largest absolute Gasteiger partial charge is 0.481 e. The molecule has 0 radical (unpaired) electrons. The van der Waals surface area contributed by atoms with Gasteiger partial charge in [0.15, 0.2) is 0 Å². The van der Waals surface area contributed by atoms with E-state index in [0.717, 1.165) is 0 Å². The molecule has 0 saturated heterocycles. The number of nitrogens with zero attached hydrogens (tertiary/aromatic N) is 3. The molecule has 0 aliphatic heterocycles. The topological polar surface area (TPSA) is 98.2 Å². The first-order valence-electron chi connectivity index (χ1n) is 5.27. The van der Waals surface area contributed by atoms with Gasteiger partial charge in [-0.1, -0.05) is 0 Å². The lowest BCUT2D eigenvalue weighted by molar-refractivity contribution is -0.137. The van der Waals surface area contributed by atoms with Crippen molar-refractivity contribution in [1.29, 1.82) is 0 Å². The van der Waals surface area contributed by atoms with Gasteiger partial charge in [-0.15, -0.1) is 10.2 Å². The molecule has 2 aromatic rings. The summed E-state index contributed by atoms with van der Waals surface area (Å²) >= 11 is 0. The van der Waals surface area contributed by atoms with E-state index >= 15 is 0 Å². The van der Waals surface area contributed by atoms with E-state index in [1.54, 1.807) is 19.3 Å². The predicted octanol–water partition coefficient (Wildman–Crippen LogP) is 0.452. The van der Waals surface area contributed by atoms with Crippen LogP contribution in [0, 0.1) is 0 Å². The molecule has 0 spiro atoms. The summed E-state index contributed by atoms with van der Waals surface area (Å²) in [5, 5.41) is 16.0. The third-order valence-electron chi connectivity index (χ3n) is 2.37. The summed E-state index contributed by atoms with van der Waals surface area (Å²) < 4.78 is 6.70. The van der Waals surface area contributed by atoms with E-state index in [1.807, 2.05) is 0 Å². The Hall–Kier alpha value is -2.44. The second-order valence-electron chi connectivity index (χ2n) is 3.76. The van der Waals surface area contributed by atoms with Crippen molar-refractivity contribution >= 4 is 5.97 Å². The van der Waals surface area contributed by atoms with Crippen LogP contribution in [0.5, 0.6) is 0 Å². The van der Waals surface area contributed by atoms with Gasteiger partial charge in [0.05, 0.1) is 6.42 Å². The Kier molecular flexibility index (Phi) is 3.22. The number of carboxylic acid groups (broad SMARTS) is 1. The van der Waals surface area contributed by atoms with Crippen LogP contribution < -0.4 is 5.56 Å². The molecule has 0 bridgehead atoms. The fourth-order valence-corrected chi connectivity index (χ4v) is 1.37. The van der Waals surface area contributed by atoms with Gasteiger partial charge in [-0.25, -0.2) is 0 Å². The number of hydrogen-bond donors (Lipinski definition) is 1. The van der Waals surface area contributed by atoms with Crippen molar-refractivity contribution in [3.8, 4) is 11.5 Å². The second kappa shape index (κ2) is 4.82. The molecular formula is C11H11N3O4. The zero-order valence-electron chi connectivity index (χ0n) is 9.66. The number of pyridine rings is 1. The number of carboxylic acids is 1. The molecule has 7 heteroatoms. The summed E-state index contributed by atoms with van der Waals surface area (Å²) in [6.07, 6.45) is 1.70. The number of aryl methyl sites for hydroxylation is 2. The van der Waals surface area contributed by atoms with Crippen LogP contribution in [0.25, 0.3) is 11.5 Å². The van der Waals surface area contributed by atoms with Crippen LogP contribution in [0.2, 0.25) is 0 Å². The van der Waals surface area contributed by atoms with Crippen LogP contribution in [0.4, 0.5) is 0 Å². The standard InChI is InChI=1S/C11H11N3O4/c1-14-5-4-7(6-9(14)15)11-13-12-8(18-11)2-3-10(16)17/h4-6H,2-3H2,1H3,(H,16,17). The molecule has 0 unspecified atom stereocenters. The van der Waals surface area contributed by atoms with Gasteiger partial charge in [0.2, 0.25) is 11.8 Å². The van der Waals surface area contributed by atoms with E-state index in [1.165, 1.54) is 10.6 Å². The van der Waals surface area contributed by atoms with E-state index in [2.05, 4.69) is 10.2 Å². The van der Waals surface area contributed by atoms with Crippen LogP contribution >= 0.6 is 0 Å². The Labute approximate surface area is 102 Å². The smallest absolute Gasteiger partial charge is 0.303 e. The number of hydrogen-bond acceptors (Lipinski definition) is 5. The van der Waals surface area contributed by atoms with Crippen molar-refractivity contribution in [3.05, 3.63) is 34.6 Å². The van der Waals surface area contributed by atoms with Crippen molar-refractivity contribution < 1.29 is 14.3 Å². The molecule has 0 atom stereocenters. The lowest BCUT2D eigenvalue weighted by Gasteiger charge is -1.97. The molecule has 94 valence electrons. The third-order valence-corrected chi connectivity index (χ3v) is 2.37. The van der Waals surface area contributed by atoms with Crippen LogP contribution in [-0.2, 0) is 18.3 Å². The summed E-state index contributed by atoms with van der Waals surface area (Å²) in [5.41, 5.74) is 0.338. The highest BCUT2D eigenvalue weighted by atomic mass is 16.4. The predicted molar refractivity (Wildman–Crippen MR) is 60.9 cm³/mol. The van der Waals surface area contributed by atoms with Crippen molar-refractivity contribution in [3.63, 3.8) is 0 Å². The Morgan fingerprint density at radius 1 is 1.50 bits per heavy atom. The minimum absolute atomic E-state index is 0.0712. The van der Waals surface area contributed by atoms with Crippen LogP contribution in [0.3, 0.4) is 0 Å². The Bertz CT molecular complexity index is 629. The van der Waals surface area contributed by atoms with E-state index < -0.39 is 5.97 Å². The SMILES string of the molecule is Cn1ccc(-c2nnc(CCC(=O)O)o2)cc1=O. The van der Waals surface area contributed by atoms with E-state index in [9.17, 15) is 9.59 Å². The molecule has 0 aliphatic rings. The second-order valence-corrected chi connectivity index (χ2v) is 3.76. The van der Waals surface area contributed by atoms with Gasteiger partial charge in [0, 0.05) is 31.3 Å². The molecule has 0 aliphatic carbocycles. The highest BCUT2D eigenvalue weighted by Gasteiger charge is 2.10. The molecule has 2 aromatic heterocycles. The van der Waals surface area contributed by atoms with Gasteiger partial charge >= 0.3 is 5.97 Å². The minimum atomic E-state index is -0.927. The van der Waals surface area contributed by atoms with Gasteiger partial charge in [0.1, 0.15) is 0 Å². The van der Waals surface area contributed by atoms with Crippen LogP contribution in [-0.4, -0.2) is 25.8 Å². The Morgan fingerprint density at radius 2 is 2.28 bits per heavy atom. The average molecular weight is 249 g/mol. The molecule has 0 saturated carbocycles. The minimum Gasteiger partial charge on any atom is -0.481 e. The number of aliphatic carboxylic acids is 1. The first kappa shape index (κ1) is 12.0. The van der Waals surface area contributed by atoms with Crippen molar-refractivity contribution in [2.75, 3.05) is 0 Å². The summed E-state index contributed by atoms with van der Waals surface area (Å²) in [4.78, 5) is 21.8. The number of carbonyl (C=O) groups is 1. The normalized spacial score (nSPS) is 10.5. The van der Waals surface area contributed by atoms with Crippen molar-refractivity contribution in [2.45, 2.75) is 12.8 Å². The number of aromatic nitrogens is 3. The molecule has 18 heavy (non-hydrogen) atoms.